The summed E-state index contributed by atoms with van der Waals surface area (Å²) in [5, 5.41) is 29.1. The smallest absolute Gasteiger partial charge is 0.318 e. The lowest BCUT2D eigenvalue weighted by atomic mass is 10.5. The molecule has 1 aliphatic rings. The van der Waals surface area contributed by atoms with Crippen molar-refractivity contribution in [2.45, 2.75) is 19.3 Å². The first-order valence-corrected chi connectivity index (χ1v) is 12.0. The Bertz CT molecular complexity index is 1030. The predicted octanol–water partition coefficient (Wildman–Crippen LogP) is 2.47. The summed E-state index contributed by atoms with van der Waals surface area (Å²) < 4.78 is 10.6. The molecule has 1 aliphatic heterocycles. The van der Waals surface area contributed by atoms with Gasteiger partial charge in [0.25, 0.3) is 0 Å². The number of aromatic amines is 1. The Hall–Kier alpha value is -2.91. The monoisotopic (exact) mass is 478 g/mol. The molecule has 0 saturated heterocycles. The van der Waals surface area contributed by atoms with Crippen LogP contribution in [0.15, 0.2) is 28.6 Å². The quantitative estimate of drug-likeness (QED) is 0.172. The standard InChI is InChI=1S/C16H18N10O2S3/c1-2-11(17-5-1)27-9-19-15-25-22-12(30-15)3-6-29-7-4-13-23-26-16(31-13)20-10-28-14-18-8-21-24-14/h1,5,8,10H,2-4,6-7,9H2,(H,19,25)(H,18,21,24). The van der Waals surface area contributed by atoms with Gasteiger partial charge in [0, 0.05) is 25.5 Å². The first-order valence-electron chi connectivity index (χ1n) is 9.20. The van der Waals surface area contributed by atoms with E-state index in [1.165, 1.54) is 35.4 Å². The lowest BCUT2D eigenvalue weighted by Crippen LogP contribution is -2.10. The lowest BCUT2D eigenvalue weighted by molar-refractivity contribution is 0.328. The van der Waals surface area contributed by atoms with Gasteiger partial charge in [0.15, 0.2) is 19.0 Å². The summed E-state index contributed by atoms with van der Waals surface area (Å²) in [4.78, 5) is 12.0. The van der Waals surface area contributed by atoms with Gasteiger partial charge in [-0.2, -0.15) is 26.8 Å². The van der Waals surface area contributed by atoms with Gasteiger partial charge in [-0.1, -0.05) is 28.7 Å². The van der Waals surface area contributed by atoms with Crippen molar-refractivity contribution in [1.82, 2.24) is 35.6 Å². The zero-order valence-electron chi connectivity index (χ0n) is 16.2. The second-order valence-electron chi connectivity index (χ2n) is 5.81. The van der Waals surface area contributed by atoms with Crippen LogP contribution in [0.2, 0.25) is 0 Å². The second kappa shape index (κ2) is 11.5. The van der Waals surface area contributed by atoms with E-state index in [1.807, 2.05) is 17.8 Å². The van der Waals surface area contributed by atoms with E-state index in [0.29, 0.717) is 17.8 Å². The molecule has 0 amide bonds. The summed E-state index contributed by atoms with van der Waals surface area (Å²) in [5.74, 6) is 2.62. The number of anilines is 1. The lowest BCUT2D eigenvalue weighted by Gasteiger charge is -2.04. The number of aryl methyl sites for hydroxylation is 2. The van der Waals surface area contributed by atoms with E-state index in [0.717, 1.165) is 45.9 Å². The van der Waals surface area contributed by atoms with Crippen molar-refractivity contribution in [2.24, 2.45) is 9.98 Å². The summed E-state index contributed by atoms with van der Waals surface area (Å²) in [7, 11) is 0. The third kappa shape index (κ3) is 7.08. The van der Waals surface area contributed by atoms with Crippen LogP contribution in [0, 0.1) is 0 Å². The molecule has 0 aromatic carbocycles. The number of nitrogens with one attached hydrogen (secondary N) is 2. The van der Waals surface area contributed by atoms with Crippen molar-refractivity contribution < 1.29 is 9.47 Å². The van der Waals surface area contributed by atoms with E-state index >= 15 is 0 Å². The maximum absolute atomic E-state index is 5.49. The van der Waals surface area contributed by atoms with Crippen LogP contribution in [0.4, 0.5) is 10.3 Å². The molecular formula is C16H18N10O2S3. The van der Waals surface area contributed by atoms with Crippen molar-refractivity contribution in [1.29, 1.82) is 0 Å². The molecule has 0 fully saturated rings. The fourth-order valence-electron chi connectivity index (χ4n) is 2.24. The van der Waals surface area contributed by atoms with Gasteiger partial charge in [0.2, 0.25) is 10.3 Å². The maximum Gasteiger partial charge on any atom is 0.318 e. The number of H-pyrrole nitrogens is 1. The average Bonchev–Trinajstić information content (AvgIpc) is 3.57. The molecule has 0 atom stereocenters. The van der Waals surface area contributed by atoms with Crippen LogP contribution in [0.1, 0.15) is 16.4 Å². The Morgan fingerprint density at radius 3 is 2.84 bits per heavy atom. The number of aliphatic imine (C=N–C) groups is 2. The summed E-state index contributed by atoms with van der Waals surface area (Å²) in [6.45, 7) is 0.337. The van der Waals surface area contributed by atoms with Crippen molar-refractivity contribution in [2.75, 3.05) is 23.6 Å². The number of rotatable bonds is 12. The number of hydrogen-bond donors (Lipinski definition) is 2. The molecular weight excluding hydrogens is 460 g/mol. The number of nitrogens with zero attached hydrogens (tertiary/aromatic N) is 8. The molecule has 15 heteroatoms. The minimum atomic E-state index is 0.271. The minimum Gasteiger partial charge on any atom is -0.460 e. The largest absolute Gasteiger partial charge is 0.460 e. The molecule has 2 N–H and O–H groups in total. The van der Waals surface area contributed by atoms with Crippen LogP contribution in [0.3, 0.4) is 0 Å². The van der Waals surface area contributed by atoms with Gasteiger partial charge < -0.3 is 14.8 Å². The Morgan fingerprint density at radius 2 is 2.03 bits per heavy atom. The maximum atomic E-state index is 5.49. The molecule has 4 heterocycles. The molecule has 3 aromatic rings. The van der Waals surface area contributed by atoms with Crippen LogP contribution >= 0.6 is 34.4 Å². The van der Waals surface area contributed by atoms with Gasteiger partial charge in [0.1, 0.15) is 16.3 Å². The van der Waals surface area contributed by atoms with Gasteiger partial charge in [-0.05, 0) is 11.5 Å². The molecule has 0 saturated carbocycles. The minimum absolute atomic E-state index is 0.271. The molecule has 0 spiro atoms. The van der Waals surface area contributed by atoms with Crippen molar-refractivity contribution in [3.8, 4) is 6.01 Å². The normalized spacial score (nSPS) is 13.1. The van der Waals surface area contributed by atoms with E-state index in [1.54, 1.807) is 6.20 Å². The van der Waals surface area contributed by atoms with Crippen LogP contribution in [-0.2, 0) is 17.6 Å². The van der Waals surface area contributed by atoms with Gasteiger partial charge in [0.05, 0.1) is 0 Å². The fourth-order valence-corrected chi connectivity index (χ4v) is 4.77. The van der Waals surface area contributed by atoms with E-state index in [2.05, 4.69) is 50.9 Å². The average molecular weight is 479 g/mol. The fraction of sp³-hybridized carbons (Fsp3) is 0.375. The van der Waals surface area contributed by atoms with E-state index < -0.39 is 0 Å². The summed E-state index contributed by atoms with van der Waals surface area (Å²) in [5.41, 5.74) is 0. The summed E-state index contributed by atoms with van der Waals surface area (Å²) >= 11 is 4.81. The highest BCUT2D eigenvalue weighted by Crippen LogP contribution is 2.21. The van der Waals surface area contributed by atoms with Gasteiger partial charge >= 0.3 is 6.01 Å². The first-order chi connectivity index (χ1) is 15.3. The molecule has 0 aliphatic carbocycles. The number of hydrogen-bond acceptors (Lipinski definition) is 14. The molecule has 31 heavy (non-hydrogen) atoms. The first kappa shape index (κ1) is 21.3. The predicted molar refractivity (Wildman–Crippen MR) is 120 cm³/mol. The molecule has 0 radical (unpaired) electrons. The molecule has 4 rings (SSSR count). The topological polar surface area (TPSA) is 148 Å². The van der Waals surface area contributed by atoms with Crippen LogP contribution in [-0.4, -0.2) is 66.1 Å². The third-order valence-corrected chi connectivity index (χ3v) is 6.46. The Kier molecular flexibility index (Phi) is 7.89. The number of ether oxygens (including phenoxy) is 2. The van der Waals surface area contributed by atoms with E-state index in [9.17, 15) is 0 Å². The van der Waals surface area contributed by atoms with Crippen LogP contribution in [0.25, 0.3) is 0 Å². The van der Waals surface area contributed by atoms with Gasteiger partial charge in [-0.3, -0.25) is 0 Å². The molecule has 0 bridgehead atoms. The zero-order chi connectivity index (χ0) is 21.1. The Morgan fingerprint density at radius 1 is 1.16 bits per heavy atom. The van der Waals surface area contributed by atoms with Gasteiger partial charge in [-0.25, -0.2) is 10.1 Å². The van der Waals surface area contributed by atoms with Gasteiger partial charge in [-0.15, -0.1) is 20.4 Å². The summed E-state index contributed by atoms with van der Waals surface area (Å²) in [6.07, 6.45) is 8.74. The highest BCUT2D eigenvalue weighted by Gasteiger charge is 2.07. The molecule has 3 aromatic heterocycles. The Balaban J connectivity index is 1.08. The van der Waals surface area contributed by atoms with Crippen LogP contribution in [0.5, 0.6) is 6.01 Å². The second-order valence-corrected chi connectivity index (χ2v) is 9.14. The van der Waals surface area contributed by atoms with E-state index in [4.69, 9.17) is 9.47 Å². The molecule has 162 valence electrons. The number of aromatic nitrogens is 7. The number of thioether (sulfide) groups is 1. The summed E-state index contributed by atoms with van der Waals surface area (Å²) in [6, 6.07) is 0.271. The highest BCUT2D eigenvalue weighted by molar-refractivity contribution is 7.99. The SMILES string of the molecule is C1=CN=C(OCNc2nnc(CCSCCc3nnc(N=COc4ncn[nH]4)s3)s2)C1. The zero-order valence-corrected chi connectivity index (χ0v) is 18.6. The highest BCUT2D eigenvalue weighted by atomic mass is 32.2. The van der Waals surface area contributed by atoms with Crippen LogP contribution < -0.4 is 10.1 Å². The Labute approximate surface area is 189 Å². The van der Waals surface area contributed by atoms with E-state index in [-0.39, 0.29) is 6.01 Å². The molecule has 0 unspecified atom stereocenters. The van der Waals surface area contributed by atoms with Crippen molar-refractivity contribution in [3.05, 3.63) is 28.6 Å². The van der Waals surface area contributed by atoms with Crippen molar-refractivity contribution in [3.63, 3.8) is 0 Å². The molecule has 12 nitrogen and oxygen atoms in total. The van der Waals surface area contributed by atoms with Crippen molar-refractivity contribution >= 4 is 57.0 Å². The third-order valence-electron chi connectivity index (χ3n) is 3.64.